The van der Waals surface area contributed by atoms with E-state index < -0.39 is 0 Å². The van der Waals surface area contributed by atoms with E-state index in [0.29, 0.717) is 19.7 Å². The Kier molecular flexibility index (Phi) is 4.72. The number of aromatic nitrogens is 2. The quantitative estimate of drug-likeness (QED) is 0.667. The lowest BCUT2D eigenvalue weighted by Crippen LogP contribution is -2.20. The molecule has 0 bridgehead atoms. The van der Waals surface area contributed by atoms with Crippen molar-refractivity contribution in [1.29, 1.82) is 0 Å². The predicted octanol–water partition coefficient (Wildman–Crippen LogP) is 4.44. The number of nitrogens with zero attached hydrogens (tertiary/aromatic N) is 2. The van der Waals surface area contributed by atoms with Crippen LogP contribution in [0.2, 0.25) is 0 Å². The number of carbonyl (C=O) groups is 1. The van der Waals surface area contributed by atoms with Gasteiger partial charge in [0.05, 0.1) is 14.8 Å². The molecule has 0 radical (unpaired) electrons. The van der Waals surface area contributed by atoms with Gasteiger partial charge in [0.2, 0.25) is 0 Å². The first-order chi connectivity index (χ1) is 13.6. The number of amides is 1. The van der Waals surface area contributed by atoms with Crippen LogP contribution in [0.25, 0.3) is 10.2 Å². The summed E-state index contributed by atoms with van der Waals surface area (Å²) in [5.41, 5.74) is 2.74. The molecule has 144 valence electrons. The van der Waals surface area contributed by atoms with Gasteiger partial charge in [0.1, 0.15) is 10.7 Å². The Balaban J connectivity index is 1.47. The van der Waals surface area contributed by atoms with E-state index in [4.69, 9.17) is 0 Å². The van der Waals surface area contributed by atoms with Crippen LogP contribution in [0.3, 0.4) is 0 Å². The predicted molar refractivity (Wildman–Crippen MR) is 119 cm³/mol. The fraction of sp³-hybridized carbons (Fsp3) is 0.350. The summed E-state index contributed by atoms with van der Waals surface area (Å²) in [6.07, 6.45) is 1.79. The second kappa shape index (κ2) is 7.24. The van der Waals surface area contributed by atoms with E-state index in [0.717, 1.165) is 36.5 Å². The van der Waals surface area contributed by atoms with Crippen molar-refractivity contribution in [2.24, 2.45) is 0 Å². The Morgan fingerprint density at radius 1 is 1.29 bits per heavy atom. The SMILES string of the molecule is Cc1c(C(=O)Nc2cccc(C3SCCS3)c2)sc2nc3n(c(=O)c12)CCC3. The highest BCUT2D eigenvalue weighted by molar-refractivity contribution is 8.19. The molecule has 0 unspecified atom stereocenters. The van der Waals surface area contributed by atoms with Crippen LogP contribution in [-0.2, 0) is 13.0 Å². The van der Waals surface area contributed by atoms with E-state index in [9.17, 15) is 9.59 Å². The molecule has 2 aliphatic heterocycles. The summed E-state index contributed by atoms with van der Waals surface area (Å²) < 4.78 is 2.19. The highest BCUT2D eigenvalue weighted by Crippen LogP contribution is 2.45. The van der Waals surface area contributed by atoms with E-state index >= 15 is 0 Å². The van der Waals surface area contributed by atoms with Crippen LogP contribution in [-0.4, -0.2) is 27.0 Å². The Labute approximate surface area is 174 Å². The Hall–Kier alpha value is -1.77. The molecule has 5 nitrogen and oxygen atoms in total. The third kappa shape index (κ3) is 3.07. The molecule has 1 amide bonds. The van der Waals surface area contributed by atoms with Crippen molar-refractivity contribution in [1.82, 2.24) is 9.55 Å². The largest absolute Gasteiger partial charge is 0.321 e. The van der Waals surface area contributed by atoms with Gasteiger partial charge in [0.15, 0.2) is 0 Å². The number of aryl methyl sites for hydroxylation is 2. The summed E-state index contributed by atoms with van der Waals surface area (Å²) in [6, 6.07) is 8.07. The molecule has 1 aromatic carbocycles. The molecule has 8 heteroatoms. The molecule has 3 aromatic rings. The van der Waals surface area contributed by atoms with Gasteiger partial charge in [-0.2, -0.15) is 0 Å². The zero-order valence-electron chi connectivity index (χ0n) is 15.4. The normalized spacial score (nSPS) is 16.6. The van der Waals surface area contributed by atoms with Gasteiger partial charge in [-0.3, -0.25) is 14.2 Å². The van der Waals surface area contributed by atoms with Crippen LogP contribution >= 0.6 is 34.9 Å². The highest BCUT2D eigenvalue weighted by Gasteiger charge is 2.24. The van der Waals surface area contributed by atoms with Crippen molar-refractivity contribution in [2.75, 3.05) is 16.8 Å². The third-order valence-electron chi connectivity index (χ3n) is 5.16. The van der Waals surface area contributed by atoms with Crippen LogP contribution in [0.15, 0.2) is 29.1 Å². The second-order valence-corrected chi connectivity index (χ2v) is 10.7. The number of thioether (sulfide) groups is 2. The maximum atomic E-state index is 13.0. The molecule has 2 aliphatic rings. The number of fused-ring (bicyclic) bond motifs is 2. The first kappa shape index (κ1) is 18.3. The molecule has 5 rings (SSSR count). The number of hydrogen-bond acceptors (Lipinski definition) is 6. The maximum absolute atomic E-state index is 13.0. The number of carbonyl (C=O) groups excluding carboxylic acids is 1. The smallest absolute Gasteiger partial charge is 0.266 e. The summed E-state index contributed by atoms with van der Waals surface area (Å²) in [7, 11) is 0. The molecule has 28 heavy (non-hydrogen) atoms. The average molecular weight is 430 g/mol. The number of anilines is 1. The molecule has 2 aromatic heterocycles. The van der Waals surface area contributed by atoms with E-state index in [-0.39, 0.29) is 11.5 Å². The van der Waals surface area contributed by atoms with Gasteiger partial charge in [0, 0.05) is 30.2 Å². The van der Waals surface area contributed by atoms with E-state index in [1.165, 1.54) is 28.4 Å². The Bertz CT molecular complexity index is 1150. The van der Waals surface area contributed by atoms with Crippen LogP contribution in [0.5, 0.6) is 0 Å². The minimum absolute atomic E-state index is 0.0115. The molecular weight excluding hydrogens is 410 g/mol. The van der Waals surface area contributed by atoms with Crippen molar-refractivity contribution in [2.45, 2.75) is 30.9 Å². The Morgan fingerprint density at radius 3 is 2.93 bits per heavy atom. The zero-order chi connectivity index (χ0) is 19.3. The van der Waals surface area contributed by atoms with Crippen molar-refractivity contribution >= 4 is 56.7 Å². The molecule has 0 spiro atoms. The van der Waals surface area contributed by atoms with Gasteiger partial charge < -0.3 is 5.32 Å². The van der Waals surface area contributed by atoms with Crippen LogP contribution in [0.4, 0.5) is 5.69 Å². The number of hydrogen-bond donors (Lipinski definition) is 1. The van der Waals surface area contributed by atoms with E-state index in [1.807, 2.05) is 42.6 Å². The summed E-state index contributed by atoms with van der Waals surface area (Å²) in [6.45, 7) is 2.57. The van der Waals surface area contributed by atoms with Gasteiger partial charge in [-0.25, -0.2) is 4.98 Å². The monoisotopic (exact) mass is 429 g/mol. The van der Waals surface area contributed by atoms with Gasteiger partial charge in [-0.15, -0.1) is 34.9 Å². The van der Waals surface area contributed by atoms with Gasteiger partial charge in [0.25, 0.3) is 11.5 Å². The molecular formula is C20H19N3O2S3. The lowest BCUT2D eigenvalue weighted by atomic mass is 10.2. The fourth-order valence-electron chi connectivity index (χ4n) is 3.79. The molecule has 0 aliphatic carbocycles. The number of nitrogens with one attached hydrogen (secondary N) is 1. The average Bonchev–Trinajstić information content (AvgIpc) is 3.42. The van der Waals surface area contributed by atoms with Crippen molar-refractivity contribution in [3.8, 4) is 0 Å². The van der Waals surface area contributed by atoms with Gasteiger partial charge in [-0.05, 0) is 36.6 Å². The molecule has 1 N–H and O–H groups in total. The lowest BCUT2D eigenvalue weighted by molar-refractivity contribution is 0.103. The van der Waals surface area contributed by atoms with Crippen LogP contribution < -0.4 is 10.9 Å². The van der Waals surface area contributed by atoms with Gasteiger partial charge in [-0.1, -0.05) is 12.1 Å². The molecule has 1 fully saturated rings. The van der Waals surface area contributed by atoms with E-state index in [1.54, 1.807) is 4.57 Å². The second-order valence-electron chi connectivity index (χ2n) is 6.98. The topological polar surface area (TPSA) is 64.0 Å². The first-order valence-electron chi connectivity index (χ1n) is 9.29. The number of benzene rings is 1. The number of thiophene rings is 1. The summed E-state index contributed by atoms with van der Waals surface area (Å²) >= 11 is 5.20. The van der Waals surface area contributed by atoms with Crippen molar-refractivity contribution < 1.29 is 4.79 Å². The standard InChI is InChI=1S/C20H19N3O2S3/c1-11-15-18(22-14-6-3-7-23(14)19(15)25)28-16(11)17(24)21-13-5-2-4-12(10-13)20-26-8-9-27-20/h2,4-5,10,20H,3,6-9H2,1H3,(H,21,24). The molecule has 0 atom stereocenters. The first-order valence-corrected chi connectivity index (χ1v) is 12.2. The minimum atomic E-state index is -0.172. The molecule has 4 heterocycles. The minimum Gasteiger partial charge on any atom is -0.321 e. The Morgan fingerprint density at radius 2 is 2.11 bits per heavy atom. The lowest BCUT2D eigenvalue weighted by Gasteiger charge is -2.11. The molecule has 0 saturated carbocycles. The maximum Gasteiger partial charge on any atom is 0.266 e. The highest BCUT2D eigenvalue weighted by atomic mass is 32.2. The van der Waals surface area contributed by atoms with Gasteiger partial charge >= 0.3 is 0 Å². The van der Waals surface area contributed by atoms with Crippen molar-refractivity contribution in [3.63, 3.8) is 0 Å². The third-order valence-corrected chi connectivity index (χ3v) is 9.45. The van der Waals surface area contributed by atoms with Crippen LogP contribution in [0.1, 0.15) is 37.6 Å². The number of rotatable bonds is 3. The fourth-order valence-corrected chi connectivity index (χ4v) is 7.72. The molecule has 1 saturated heterocycles. The summed E-state index contributed by atoms with van der Waals surface area (Å²) in [5, 5.41) is 3.61. The summed E-state index contributed by atoms with van der Waals surface area (Å²) in [5.74, 6) is 3.00. The van der Waals surface area contributed by atoms with Crippen LogP contribution in [0, 0.1) is 6.92 Å². The van der Waals surface area contributed by atoms with E-state index in [2.05, 4.69) is 22.4 Å². The zero-order valence-corrected chi connectivity index (χ0v) is 17.8. The van der Waals surface area contributed by atoms with Crippen molar-refractivity contribution in [3.05, 3.63) is 56.4 Å². The summed E-state index contributed by atoms with van der Waals surface area (Å²) in [4.78, 5) is 31.7.